The summed E-state index contributed by atoms with van der Waals surface area (Å²) in [7, 11) is 0. The highest BCUT2D eigenvalue weighted by Crippen LogP contribution is 2.21. The highest BCUT2D eigenvalue weighted by molar-refractivity contribution is 5.71. The molecule has 1 aromatic heterocycles. The van der Waals surface area contributed by atoms with E-state index in [4.69, 9.17) is 4.74 Å². The summed E-state index contributed by atoms with van der Waals surface area (Å²) < 4.78 is 18.4. The van der Waals surface area contributed by atoms with Crippen LogP contribution in [0.4, 0.5) is 10.1 Å². The third-order valence-electron chi connectivity index (χ3n) is 2.51. The van der Waals surface area contributed by atoms with E-state index in [1.54, 1.807) is 0 Å². The van der Waals surface area contributed by atoms with E-state index in [1.165, 1.54) is 18.3 Å². The van der Waals surface area contributed by atoms with Gasteiger partial charge in [-0.05, 0) is 24.3 Å². The summed E-state index contributed by atoms with van der Waals surface area (Å²) in [4.78, 5) is 24.4. The predicted molar refractivity (Wildman–Crippen MR) is 67.0 cm³/mol. The SMILES string of the molecule is O=Cc1ccc(OCc2cc(F)ccc2[N+](=O)[O-])cn1. The van der Waals surface area contributed by atoms with Crippen molar-refractivity contribution in [1.82, 2.24) is 4.98 Å². The third-order valence-corrected chi connectivity index (χ3v) is 2.51. The molecule has 1 aromatic carbocycles. The van der Waals surface area contributed by atoms with Gasteiger partial charge in [-0.3, -0.25) is 14.9 Å². The van der Waals surface area contributed by atoms with Crippen LogP contribution in [0.3, 0.4) is 0 Å². The average Bonchev–Trinajstić information content (AvgIpc) is 2.45. The van der Waals surface area contributed by atoms with E-state index in [0.717, 1.165) is 18.2 Å². The molecule has 6 nitrogen and oxygen atoms in total. The van der Waals surface area contributed by atoms with Gasteiger partial charge in [0.15, 0.2) is 6.29 Å². The monoisotopic (exact) mass is 276 g/mol. The van der Waals surface area contributed by atoms with Gasteiger partial charge in [-0.2, -0.15) is 0 Å². The van der Waals surface area contributed by atoms with Gasteiger partial charge in [0.2, 0.25) is 0 Å². The Hall–Kier alpha value is -2.83. The van der Waals surface area contributed by atoms with Gasteiger partial charge in [0.25, 0.3) is 5.69 Å². The second kappa shape index (κ2) is 5.87. The van der Waals surface area contributed by atoms with Crippen LogP contribution in [0.1, 0.15) is 16.1 Å². The van der Waals surface area contributed by atoms with E-state index in [-0.39, 0.29) is 23.6 Å². The van der Waals surface area contributed by atoms with E-state index in [1.807, 2.05) is 0 Å². The Morgan fingerprint density at radius 1 is 1.35 bits per heavy atom. The lowest BCUT2D eigenvalue weighted by Gasteiger charge is -2.06. The van der Waals surface area contributed by atoms with Crippen molar-refractivity contribution in [1.29, 1.82) is 0 Å². The average molecular weight is 276 g/mol. The molecule has 0 saturated carbocycles. The summed E-state index contributed by atoms with van der Waals surface area (Å²) in [6.07, 6.45) is 1.90. The molecule has 20 heavy (non-hydrogen) atoms. The molecule has 0 aliphatic rings. The first-order valence-electron chi connectivity index (χ1n) is 5.57. The number of pyridine rings is 1. The molecule has 2 rings (SSSR count). The zero-order valence-electron chi connectivity index (χ0n) is 10.2. The van der Waals surface area contributed by atoms with Crippen LogP contribution in [0.25, 0.3) is 0 Å². The van der Waals surface area contributed by atoms with Crippen LogP contribution in [0.5, 0.6) is 5.75 Å². The number of halogens is 1. The number of hydrogen-bond acceptors (Lipinski definition) is 5. The fourth-order valence-corrected chi connectivity index (χ4v) is 1.56. The number of nitrogens with zero attached hydrogens (tertiary/aromatic N) is 2. The summed E-state index contributed by atoms with van der Waals surface area (Å²) in [5.41, 5.74) is 0.146. The molecule has 0 fully saturated rings. The molecule has 0 bridgehead atoms. The molecule has 7 heteroatoms. The Morgan fingerprint density at radius 2 is 2.15 bits per heavy atom. The number of nitro benzene ring substituents is 1. The van der Waals surface area contributed by atoms with E-state index in [0.29, 0.717) is 12.0 Å². The van der Waals surface area contributed by atoms with Crippen molar-refractivity contribution in [3.05, 3.63) is 63.7 Å². The van der Waals surface area contributed by atoms with Gasteiger partial charge >= 0.3 is 0 Å². The number of carbonyl (C=O) groups is 1. The van der Waals surface area contributed by atoms with Gasteiger partial charge in [0.05, 0.1) is 16.7 Å². The third kappa shape index (κ3) is 3.14. The van der Waals surface area contributed by atoms with Crippen molar-refractivity contribution in [2.45, 2.75) is 6.61 Å². The molecule has 0 amide bonds. The molecule has 0 saturated heterocycles. The van der Waals surface area contributed by atoms with E-state index in [2.05, 4.69) is 4.98 Å². The fourth-order valence-electron chi connectivity index (χ4n) is 1.56. The highest BCUT2D eigenvalue weighted by Gasteiger charge is 2.14. The van der Waals surface area contributed by atoms with Crippen LogP contribution in [0.15, 0.2) is 36.5 Å². The fraction of sp³-hybridized carbons (Fsp3) is 0.0769. The standard InChI is InChI=1S/C13H9FN2O4/c14-10-1-4-13(16(18)19)9(5-10)8-20-12-3-2-11(7-17)15-6-12/h1-7H,8H2. The zero-order valence-corrected chi connectivity index (χ0v) is 10.2. The highest BCUT2D eigenvalue weighted by atomic mass is 19.1. The van der Waals surface area contributed by atoms with Crippen molar-refractivity contribution in [3.8, 4) is 5.75 Å². The topological polar surface area (TPSA) is 82.3 Å². The van der Waals surface area contributed by atoms with Gasteiger partial charge in [-0.15, -0.1) is 0 Å². The summed E-state index contributed by atoms with van der Waals surface area (Å²) in [6, 6.07) is 6.10. The van der Waals surface area contributed by atoms with Gasteiger partial charge in [-0.1, -0.05) is 0 Å². The lowest BCUT2D eigenvalue weighted by atomic mass is 10.2. The molecule has 1 heterocycles. The van der Waals surface area contributed by atoms with Crippen molar-refractivity contribution in [3.63, 3.8) is 0 Å². The van der Waals surface area contributed by atoms with Crippen molar-refractivity contribution in [2.24, 2.45) is 0 Å². The van der Waals surface area contributed by atoms with Crippen LogP contribution >= 0.6 is 0 Å². The maximum atomic E-state index is 13.1. The predicted octanol–water partition coefficient (Wildman–Crippen LogP) is 2.52. The van der Waals surface area contributed by atoms with Crippen LogP contribution < -0.4 is 4.74 Å². The quantitative estimate of drug-likeness (QED) is 0.476. The molecule has 0 N–H and O–H groups in total. The Balaban J connectivity index is 2.15. The van der Waals surface area contributed by atoms with Crippen molar-refractivity contribution < 1.29 is 18.8 Å². The van der Waals surface area contributed by atoms with Gasteiger partial charge in [-0.25, -0.2) is 9.37 Å². The molecule has 0 aliphatic heterocycles. The lowest BCUT2D eigenvalue weighted by Crippen LogP contribution is -2.01. The van der Waals surface area contributed by atoms with Crippen LogP contribution in [0, 0.1) is 15.9 Å². The Labute approximate surface area is 113 Å². The molecular formula is C13H9FN2O4. The largest absolute Gasteiger partial charge is 0.487 e. The normalized spacial score (nSPS) is 10.1. The summed E-state index contributed by atoms with van der Waals surface area (Å²) >= 11 is 0. The van der Waals surface area contributed by atoms with Crippen molar-refractivity contribution in [2.75, 3.05) is 0 Å². The minimum atomic E-state index is -0.605. The lowest BCUT2D eigenvalue weighted by molar-refractivity contribution is -0.385. The minimum absolute atomic E-state index is 0.120. The second-order valence-electron chi connectivity index (χ2n) is 3.86. The van der Waals surface area contributed by atoms with Crippen LogP contribution in [-0.4, -0.2) is 16.2 Å². The smallest absolute Gasteiger partial charge is 0.276 e. The molecule has 102 valence electrons. The van der Waals surface area contributed by atoms with E-state index < -0.39 is 10.7 Å². The van der Waals surface area contributed by atoms with Crippen LogP contribution in [0.2, 0.25) is 0 Å². The number of aromatic nitrogens is 1. The van der Waals surface area contributed by atoms with Gasteiger partial charge in [0, 0.05) is 6.07 Å². The number of carbonyl (C=O) groups excluding carboxylic acids is 1. The van der Waals surface area contributed by atoms with Gasteiger partial charge in [0.1, 0.15) is 23.9 Å². The molecule has 0 atom stereocenters. The molecular weight excluding hydrogens is 267 g/mol. The van der Waals surface area contributed by atoms with E-state index in [9.17, 15) is 19.3 Å². The number of hydrogen-bond donors (Lipinski definition) is 0. The first-order valence-corrected chi connectivity index (χ1v) is 5.57. The molecule has 0 aliphatic carbocycles. The van der Waals surface area contributed by atoms with E-state index >= 15 is 0 Å². The number of aldehydes is 1. The maximum Gasteiger partial charge on any atom is 0.276 e. The molecule has 0 unspecified atom stereocenters. The number of ether oxygens (including phenoxy) is 1. The second-order valence-corrected chi connectivity index (χ2v) is 3.86. The summed E-state index contributed by atoms with van der Waals surface area (Å²) in [6.45, 7) is -0.170. The Morgan fingerprint density at radius 3 is 2.75 bits per heavy atom. The number of rotatable bonds is 5. The first-order chi connectivity index (χ1) is 9.60. The Bertz CT molecular complexity index is 643. The molecule has 2 aromatic rings. The summed E-state index contributed by atoms with van der Waals surface area (Å²) in [5, 5.41) is 10.8. The zero-order chi connectivity index (χ0) is 14.5. The number of nitro groups is 1. The summed E-state index contributed by atoms with van der Waals surface area (Å²) in [5.74, 6) is -0.252. The van der Waals surface area contributed by atoms with Gasteiger partial charge < -0.3 is 4.74 Å². The molecule has 0 spiro atoms. The van der Waals surface area contributed by atoms with Crippen LogP contribution in [-0.2, 0) is 6.61 Å². The maximum absolute atomic E-state index is 13.1. The molecule has 0 radical (unpaired) electrons. The first kappa shape index (κ1) is 13.6. The minimum Gasteiger partial charge on any atom is -0.487 e. The van der Waals surface area contributed by atoms with Crippen molar-refractivity contribution >= 4 is 12.0 Å². The Kier molecular flexibility index (Phi) is 3.99. The number of benzene rings is 1.